The molecule has 2 aromatic heterocycles. The molecule has 16 heteroatoms. The second kappa shape index (κ2) is 6.15. The second-order valence-electron chi connectivity index (χ2n) is 2.64. The Balaban J connectivity index is 2.11. The Morgan fingerprint density at radius 2 is 1.30 bits per heavy atom. The van der Waals surface area contributed by atoms with Crippen molar-refractivity contribution in [3.63, 3.8) is 0 Å². The molecular weight excluding hydrogens is 272 g/mol. The molecule has 0 bridgehead atoms. The number of tetrazole rings is 2. The van der Waals surface area contributed by atoms with E-state index in [1.54, 1.807) is 0 Å². The fourth-order valence-electron chi connectivity index (χ4n) is 0.891. The molecule has 0 fully saturated rings. The van der Waals surface area contributed by atoms with Crippen LogP contribution in [-0.2, 0) is 0 Å². The lowest BCUT2D eigenvalue weighted by atomic mass is 10.8. The maximum Gasteiger partial charge on any atom is 0.263 e. The van der Waals surface area contributed by atoms with Crippen molar-refractivity contribution >= 4 is 24.3 Å². The minimum atomic E-state index is -0.144. The molecule has 0 radical (unpaired) electrons. The Bertz CT molecular complexity index is 666. The maximum absolute atomic E-state index is 8.25. The van der Waals surface area contributed by atoms with Gasteiger partial charge in [0.2, 0.25) is 0 Å². The highest BCUT2D eigenvalue weighted by molar-refractivity contribution is 6.15. The SMILES string of the molecule is [N-]=[N+]=Nc1nnnn1N=CC=Nn1nnnc1N=[N+]=[N-]. The van der Waals surface area contributed by atoms with Gasteiger partial charge in [0.15, 0.2) is 0 Å². The number of nitrogens with zero attached hydrogens (tertiary/aromatic N) is 16. The van der Waals surface area contributed by atoms with Crippen molar-refractivity contribution < 1.29 is 0 Å². The van der Waals surface area contributed by atoms with Crippen LogP contribution in [0, 0.1) is 0 Å². The predicted octanol–water partition coefficient (Wildman–Crippen LogP) is -0.0888. The van der Waals surface area contributed by atoms with Crippen LogP contribution in [0.3, 0.4) is 0 Å². The third-order valence-electron chi connectivity index (χ3n) is 1.56. The molecule has 2 heterocycles. The van der Waals surface area contributed by atoms with E-state index in [1.165, 1.54) is 12.4 Å². The highest BCUT2D eigenvalue weighted by atomic mass is 15.7. The van der Waals surface area contributed by atoms with Crippen LogP contribution in [0.2, 0.25) is 0 Å². The van der Waals surface area contributed by atoms with Crippen LogP contribution in [0.25, 0.3) is 20.9 Å². The Morgan fingerprint density at radius 3 is 1.70 bits per heavy atom. The van der Waals surface area contributed by atoms with Crippen molar-refractivity contribution in [2.24, 2.45) is 20.4 Å². The Labute approximate surface area is 107 Å². The van der Waals surface area contributed by atoms with Crippen molar-refractivity contribution in [1.82, 2.24) is 40.6 Å². The van der Waals surface area contributed by atoms with E-state index in [0.29, 0.717) is 0 Å². The number of hydrogen-bond donors (Lipinski definition) is 0. The number of aromatic nitrogens is 8. The monoisotopic (exact) mass is 274 g/mol. The first-order chi connectivity index (χ1) is 9.85. The number of hydrogen-bond acceptors (Lipinski definition) is 10. The van der Waals surface area contributed by atoms with Gasteiger partial charge in [-0.15, -0.1) is 19.8 Å². The summed E-state index contributed by atoms with van der Waals surface area (Å²) in [6.45, 7) is 0. The van der Waals surface area contributed by atoms with Crippen LogP contribution in [-0.4, -0.2) is 53.1 Å². The van der Waals surface area contributed by atoms with Gasteiger partial charge in [0.25, 0.3) is 11.9 Å². The van der Waals surface area contributed by atoms with Crippen LogP contribution in [0.1, 0.15) is 0 Å². The fraction of sp³-hybridized carbons (Fsp3) is 0. The topological polar surface area (TPSA) is 209 Å². The Kier molecular flexibility index (Phi) is 3.86. The third-order valence-corrected chi connectivity index (χ3v) is 1.56. The molecule has 0 saturated heterocycles. The lowest BCUT2D eigenvalue weighted by Gasteiger charge is -1.89. The van der Waals surface area contributed by atoms with E-state index in [-0.39, 0.29) is 11.9 Å². The van der Waals surface area contributed by atoms with Crippen molar-refractivity contribution in [2.75, 3.05) is 0 Å². The predicted molar refractivity (Wildman–Crippen MR) is 61.0 cm³/mol. The summed E-state index contributed by atoms with van der Waals surface area (Å²) >= 11 is 0. The van der Waals surface area contributed by atoms with E-state index in [1.807, 2.05) is 0 Å². The van der Waals surface area contributed by atoms with E-state index in [0.717, 1.165) is 9.58 Å². The molecule has 0 aromatic carbocycles. The van der Waals surface area contributed by atoms with Gasteiger partial charge < -0.3 is 0 Å². The van der Waals surface area contributed by atoms with E-state index in [2.05, 4.69) is 61.3 Å². The first-order valence-corrected chi connectivity index (χ1v) is 4.59. The zero-order valence-corrected chi connectivity index (χ0v) is 9.31. The van der Waals surface area contributed by atoms with E-state index in [9.17, 15) is 0 Å². The van der Waals surface area contributed by atoms with E-state index in [4.69, 9.17) is 11.1 Å². The zero-order valence-electron chi connectivity index (χ0n) is 9.31. The molecule has 0 N–H and O–H groups in total. The van der Waals surface area contributed by atoms with Gasteiger partial charge in [0.05, 0.1) is 12.4 Å². The van der Waals surface area contributed by atoms with Gasteiger partial charge in [-0.05, 0) is 42.1 Å². The highest BCUT2D eigenvalue weighted by Crippen LogP contribution is 2.03. The van der Waals surface area contributed by atoms with Crippen LogP contribution >= 0.6 is 0 Å². The minimum Gasteiger partial charge on any atom is -0.154 e. The molecule has 2 rings (SSSR count). The standard InChI is InChI=1S/C4H2N16/c5-13-9-3-11-15-17-19(3)7-1-2-8-20-4(10-14-6)12-16-18-20/h1-2H. The number of azide groups is 2. The maximum atomic E-state index is 8.25. The van der Waals surface area contributed by atoms with Crippen molar-refractivity contribution in [1.29, 1.82) is 0 Å². The molecule has 16 nitrogen and oxygen atoms in total. The molecule has 0 aliphatic heterocycles. The summed E-state index contributed by atoms with van der Waals surface area (Å²) in [5, 5.41) is 34.0. The summed E-state index contributed by atoms with van der Waals surface area (Å²) in [5.41, 5.74) is 16.5. The van der Waals surface area contributed by atoms with E-state index < -0.39 is 0 Å². The van der Waals surface area contributed by atoms with Crippen LogP contribution in [0.5, 0.6) is 0 Å². The van der Waals surface area contributed by atoms with Crippen LogP contribution in [0.4, 0.5) is 11.9 Å². The molecule has 0 aliphatic carbocycles. The average molecular weight is 274 g/mol. The lowest BCUT2D eigenvalue weighted by molar-refractivity contribution is 0.692. The van der Waals surface area contributed by atoms with Gasteiger partial charge in [0, 0.05) is 9.82 Å². The van der Waals surface area contributed by atoms with Gasteiger partial charge in [-0.25, -0.2) is 0 Å². The van der Waals surface area contributed by atoms with Gasteiger partial charge in [0.1, 0.15) is 0 Å². The van der Waals surface area contributed by atoms with Gasteiger partial charge in [-0.3, -0.25) is 0 Å². The summed E-state index contributed by atoms with van der Waals surface area (Å²) in [4.78, 5) is 6.78. The molecule has 0 unspecified atom stereocenters. The molecule has 0 aliphatic rings. The summed E-state index contributed by atoms with van der Waals surface area (Å²) < 4.78 is 0. The summed E-state index contributed by atoms with van der Waals surface area (Å²) in [7, 11) is 0. The van der Waals surface area contributed by atoms with Crippen LogP contribution < -0.4 is 0 Å². The molecule has 0 amide bonds. The highest BCUT2D eigenvalue weighted by Gasteiger charge is 2.00. The van der Waals surface area contributed by atoms with E-state index >= 15 is 0 Å². The van der Waals surface area contributed by atoms with Crippen molar-refractivity contribution in [2.45, 2.75) is 0 Å². The summed E-state index contributed by atoms with van der Waals surface area (Å²) in [5.74, 6) is -0.288. The minimum absolute atomic E-state index is 0.144. The molecule has 20 heavy (non-hydrogen) atoms. The first kappa shape index (κ1) is 12.6. The summed E-state index contributed by atoms with van der Waals surface area (Å²) in [6, 6.07) is 0. The molecule has 98 valence electrons. The number of rotatable bonds is 5. The molecular formula is C4H2N16. The largest absolute Gasteiger partial charge is 0.263 e. The molecule has 0 spiro atoms. The van der Waals surface area contributed by atoms with Crippen molar-refractivity contribution in [3.05, 3.63) is 20.9 Å². The fourth-order valence-corrected chi connectivity index (χ4v) is 0.891. The quantitative estimate of drug-likeness (QED) is 0.314. The molecule has 0 atom stereocenters. The smallest absolute Gasteiger partial charge is 0.154 e. The normalized spacial score (nSPS) is 10.6. The van der Waals surface area contributed by atoms with Gasteiger partial charge in [-0.1, -0.05) is 0 Å². The van der Waals surface area contributed by atoms with Crippen molar-refractivity contribution in [3.8, 4) is 0 Å². The van der Waals surface area contributed by atoms with Crippen LogP contribution in [0.15, 0.2) is 20.4 Å². The average Bonchev–Trinajstić information content (AvgIpc) is 3.06. The Morgan fingerprint density at radius 1 is 0.850 bits per heavy atom. The van der Waals surface area contributed by atoms with Gasteiger partial charge >= 0.3 is 0 Å². The first-order valence-electron chi connectivity index (χ1n) is 4.59. The zero-order chi connectivity index (χ0) is 14.2. The summed E-state index contributed by atoms with van der Waals surface area (Å²) in [6.07, 6.45) is 2.35. The third kappa shape index (κ3) is 2.86. The van der Waals surface area contributed by atoms with Gasteiger partial charge in [-0.2, -0.15) is 10.2 Å². The molecule has 0 saturated carbocycles. The Hall–Kier alpha value is -3.90. The molecule has 2 aromatic rings. The lowest BCUT2D eigenvalue weighted by Crippen LogP contribution is -1.95. The second-order valence-corrected chi connectivity index (χ2v) is 2.64.